The molecule has 8 nitrogen and oxygen atoms in total. The van der Waals surface area contributed by atoms with Gasteiger partial charge in [-0.2, -0.15) is 0 Å². The first-order valence-corrected chi connectivity index (χ1v) is 8.71. The molecule has 1 aromatic rings. The van der Waals surface area contributed by atoms with Crippen LogP contribution in [0.2, 0.25) is 0 Å². The molecule has 2 aliphatic heterocycles. The van der Waals surface area contributed by atoms with Crippen molar-refractivity contribution in [1.29, 1.82) is 0 Å². The summed E-state index contributed by atoms with van der Waals surface area (Å²) in [6.07, 6.45) is 0.629. The Balaban J connectivity index is 1.63. The van der Waals surface area contributed by atoms with E-state index in [-0.39, 0.29) is 24.3 Å². The average Bonchev–Trinajstić information content (AvgIpc) is 2.91. The van der Waals surface area contributed by atoms with Crippen LogP contribution in [0.3, 0.4) is 0 Å². The van der Waals surface area contributed by atoms with Gasteiger partial charge in [0.1, 0.15) is 6.04 Å². The van der Waals surface area contributed by atoms with E-state index >= 15 is 0 Å². The Morgan fingerprint density at radius 2 is 2.19 bits per heavy atom. The minimum atomic E-state index is -0.582. The first kappa shape index (κ1) is 18.5. The highest BCUT2D eigenvalue weighted by Gasteiger charge is 2.38. The quantitative estimate of drug-likeness (QED) is 0.566. The summed E-state index contributed by atoms with van der Waals surface area (Å²) in [5, 5.41) is 5.58. The van der Waals surface area contributed by atoms with E-state index in [1.165, 1.54) is 0 Å². The molecule has 1 saturated heterocycles. The van der Waals surface area contributed by atoms with Crippen molar-refractivity contribution in [3.05, 3.63) is 34.9 Å². The maximum Gasteiger partial charge on any atom is 0.255 e. The summed E-state index contributed by atoms with van der Waals surface area (Å²) >= 11 is 0. The number of rotatable bonds is 7. The normalized spacial score (nSPS) is 20.9. The third-order valence-electron chi connectivity index (χ3n) is 4.70. The van der Waals surface area contributed by atoms with E-state index in [4.69, 9.17) is 10.5 Å². The molecule has 3 amide bonds. The van der Waals surface area contributed by atoms with Gasteiger partial charge in [0.05, 0.1) is 6.61 Å². The zero-order valence-electron chi connectivity index (χ0n) is 14.8. The molecule has 0 spiro atoms. The highest BCUT2D eigenvalue weighted by atomic mass is 16.5. The third kappa shape index (κ3) is 3.92. The number of amides is 3. The SMILES string of the molecule is COC[C@H](N)CNCc1ccc2c(c1)CN(C1CCC(=O)NC1=O)C2=O. The zero-order chi connectivity index (χ0) is 18.7. The van der Waals surface area contributed by atoms with E-state index in [2.05, 4.69) is 10.6 Å². The molecule has 3 rings (SSSR count). The number of imide groups is 1. The fourth-order valence-electron chi connectivity index (χ4n) is 3.41. The summed E-state index contributed by atoms with van der Waals surface area (Å²) in [6.45, 7) is 2.15. The molecular weight excluding hydrogens is 336 g/mol. The molecule has 26 heavy (non-hydrogen) atoms. The molecule has 1 unspecified atom stereocenters. The molecule has 1 aromatic carbocycles. The van der Waals surface area contributed by atoms with Crippen LogP contribution in [-0.4, -0.2) is 55.0 Å². The molecule has 2 aliphatic rings. The number of nitrogens with zero attached hydrogens (tertiary/aromatic N) is 1. The number of benzene rings is 1. The van der Waals surface area contributed by atoms with Crippen LogP contribution >= 0.6 is 0 Å². The van der Waals surface area contributed by atoms with Gasteiger partial charge in [-0.05, 0) is 23.6 Å². The summed E-state index contributed by atoms with van der Waals surface area (Å²) in [4.78, 5) is 37.5. The second kappa shape index (κ2) is 7.94. The van der Waals surface area contributed by atoms with Gasteiger partial charge in [0, 0.05) is 44.8 Å². The molecule has 4 N–H and O–H groups in total. The molecule has 140 valence electrons. The van der Waals surface area contributed by atoms with Crippen molar-refractivity contribution in [2.75, 3.05) is 20.3 Å². The van der Waals surface area contributed by atoms with Gasteiger partial charge in [0.2, 0.25) is 11.8 Å². The Morgan fingerprint density at radius 3 is 2.92 bits per heavy atom. The van der Waals surface area contributed by atoms with E-state index in [1.54, 1.807) is 18.1 Å². The summed E-state index contributed by atoms with van der Waals surface area (Å²) in [5.74, 6) is -0.831. The lowest BCUT2D eigenvalue weighted by molar-refractivity contribution is -0.136. The minimum absolute atomic E-state index is 0.0704. The van der Waals surface area contributed by atoms with Gasteiger partial charge in [-0.25, -0.2) is 0 Å². The fourth-order valence-corrected chi connectivity index (χ4v) is 3.41. The minimum Gasteiger partial charge on any atom is -0.383 e. The van der Waals surface area contributed by atoms with Crippen molar-refractivity contribution in [2.45, 2.75) is 38.0 Å². The number of nitrogens with one attached hydrogen (secondary N) is 2. The van der Waals surface area contributed by atoms with Gasteiger partial charge < -0.3 is 20.7 Å². The van der Waals surface area contributed by atoms with Crippen molar-refractivity contribution in [1.82, 2.24) is 15.5 Å². The zero-order valence-corrected chi connectivity index (χ0v) is 14.8. The van der Waals surface area contributed by atoms with Gasteiger partial charge in [0.15, 0.2) is 0 Å². The monoisotopic (exact) mass is 360 g/mol. The van der Waals surface area contributed by atoms with E-state index in [1.807, 2.05) is 12.1 Å². The summed E-state index contributed by atoms with van der Waals surface area (Å²) in [6, 6.07) is 5.03. The molecule has 0 bridgehead atoms. The van der Waals surface area contributed by atoms with Crippen molar-refractivity contribution in [2.24, 2.45) is 5.73 Å². The lowest BCUT2D eigenvalue weighted by Crippen LogP contribution is -2.52. The van der Waals surface area contributed by atoms with E-state index in [0.29, 0.717) is 38.2 Å². The highest BCUT2D eigenvalue weighted by molar-refractivity contribution is 6.05. The number of carbonyl (C=O) groups is 3. The maximum absolute atomic E-state index is 12.6. The van der Waals surface area contributed by atoms with Crippen LogP contribution in [0.15, 0.2) is 18.2 Å². The first-order chi connectivity index (χ1) is 12.5. The summed E-state index contributed by atoms with van der Waals surface area (Å²) < 4.78 is 5.00. The maximum atomic E-state index is 12.6. The van der Waals surface area contributed by atoms with Gasteiger partial charge >= 0.3 is 0 Å². The average molecular weight is 360 g/mol. The molecule has 1 fully saturated rings. The van der Waals surface area contributed by atoms with Crippen molar-refractivity contribution < 1.29 is 19.1 Å². The Kier molecular flexibility index (Phi) is 5.65. The third-order valence-corrected chi connectivity index (χ3v) is 4.70. The number of hydrogen-bond acceptors (Lipinski definition) is 6. The van der Waals surface area contributed by atoms with Crippen molar-refractivity contribution in [3.8, 4) is 0 Å². The lowest BCUT2D eigenvalue weighted by atomic mass is 10.0. The van der Waals surface area contributed by atoms with Crippen molar-refractivity contribution >= 4 is 17.7 Å². The predicted molar refractivity (Wildman–Crippen MR) is 94.0 cm³/mol. The van der Waals surface area contributed by atoms with Crippen molar-refractivity contribution in [3.63, 3.8) is 0 Å². The molecule has 0 saturated carbocycles. The van der Waals surface area contributed by atoms with E-state index < -0.39 is 11.9 Å². The number of hydrogen-bond donors (Lipinski definition) is 3. The molecule has 2 heterocycles. The largest absolute Gasteiger partial charge is 0.383 e. The first-order valence-electron chi connectivity index (χ1n) is 8.71. The van der Waals surface area contributed by atoms with Crippen LogP contribution in [0, 0.1) is 0 Å². The van der Waals surface area contributed by atoms with Crippen LogP contribution in [-0.2, 0) is 27.4 Å². The van der Waals surface area contributed by atoms with Crippen LogP contribution in [0.5, 0.6) is 0 Å². The van der Waals surface area contributed by atoms with Crippen LogP contribution in [0.4, 0.5) is 0 Å². The van der Waals surface area contributed by atoms with Crippen LogP contribution in [0.1, 0.15) is 34.3 Å². The molecule has 8 heteroatoms. The molecule has 0 aromatic heterocycles. The Hall–Kier alpha value is -2.29. The fraction of sp³-hybridized carbons (Fsp3) is 0.500. The summed E-state index contributed by atoms with van der Waals surface area (Å²) in [5.41, 5.74) is 8.45. The predicted octanol–water partition coefficient (Wildman–Crippen LogP) is -0.489. The lowest BCUT2D eigenvalue weighted by Gasteiger charge is -2.29. The van der Waals surface area contributed by atoms with Gasteiger partial charge in [0.25, 0.3) is 5.91 Å². The van der Waals surface area contributed by atoms with E-state index in [9.17, 15) is 14.4 Å². The number of piperidine rings is 1. The molecule has 0 radical (unpaired) electrons. The van der Waals surface area contributed by atoms with E-state index in [0.717, 1.165) is 11.1 Å². The topological polar surface area (TPSA) is 114 Å². The highest BCUT2D eigenvalue weighted by Crippen LogP contribution is 2.28. The Morgan fingerprint density at radius 1 is 1.38 bits per heavy atom. The smallest absolute Gasteiger partial charge is 0.255 e. The number of carbonyl (C=O) groups excluding carboxylic acids is 3. The Bertz CT molecular complexity index is 721. The van der Waals surface area contributed by atoms with Crippen LogP contribution in [0.25, 0.3) is 0 Å². The number of ether oxygens (including phenoxy) is 1. The Labute approximate surface area is 152 Å². The van der Waals surface area contributed by atoms with Gasteiger partial charge in [-0.1, -0.05) is 12.1 Å². The summed E-state index contributed by atoms with van der Waals surface area (Å²) in [7, 11) is 1.62. The molecule has 0 aliphatic carbocycles. The molecular formula is C18H24N4O4. The number of fused-ring (bicyclic) bond motifs is 1. The second-order valence-corrected chi connectivity index (χ2v) is 6.74. The van der Waals surface area contributed by atoms with Crippen LogP contribution < -0.4 is 16.4 Å². The number of nitrogens with two attached hydrogens (primary N) is 1. The van der Waals surface area contributed by atoms with Gasteiger partial charge in [-0.15, -0.1) is 0 Å². The van der Waals surface area contributed by atoms with Gasteiger partial charge in [-0.3, -0.25) is 19.7 Å². The number of methoxy groups -OCH3 is 1. The molecule has 2 atom stereocenters. The standard InChI is InChI=1S/C18H24N4O4/c1-26-10-13(19)8-20-7-11-2-3-14-12(6-11)9-22(18(14)25)15-4-5-16(23)21-17(15)24/h2-3,6,13,15,20H,4-5,7-10,19H2,1H3,(H,21,23,24)/t13-,15?/m1/s1. The second-order valence-electron chi connectivity index (χ2n) is 6.74.